The second-order valence-electron chi connectivity index (χ2n) is 8.82. The molecule has 2 aliphatic heterocycles. The van der Waals surface area contributed by atoms with E-state index in [-0.39, 0.29) is 24.1 Å². The monoisotopic (exact) mass is 398 g/mol. The van der Waals surface area contributed by atoms with E-state index in [1.165, 1.54) is 12.8 Å². The molecule has 2 fully saturated rings. The van der Waals surface area contributed by atoms with E-state index >= 15 is 0 Å². The number of imide groups is 1. The highest BCUT2D eigenvalue weighted by Gasteiger charge is 2.39. The van der Waals surface area contributed by atoms with Gasteiger partial charge >= 0.3 is 0 Å². The highest BCUT2D eigenvalue weighted by atomic mass is 16.2. The second-order valence-corrected chi connectivity index (χ2v) is 8.82. The van der Waals surface area contributed by atoms with Crippen LogP contribution in [0.4, 0.5) is 0 Å². The first-order valence-corrected chi connectivity index (χ1v) is 10.6. The standard InChI is InChI=1S/C22H30N4O3/c1-25(11-14-5-7-16(23)8-6-14)12-15-3-2-4-17-18(15)13-26(22(17)29)19-9-10-20(27)24-21(19)28/h2-4,14,16,19H,5-13,23H2,1H3,(H,24,27,28). The minimum Gasteiger partial charge on any atom is -0.328 e. The number of nitrogens with one attached hydrogen (secondary N) is 1. The van der Waals surface area contributed by atoms with Gasteiger partial charge in [-0.3, -0.25) is 19.7 Å². The minimum absolute atomic E-state index is 0.111. The maximum Gasteiger partial charge on any atom is 0.255 e. The van der Waals surface area contributed by atoms with Crippen molar-refractivity contribution in [2.24, 2.45) is 11.7 Å². The Hall–Kier alpha value is -2.25. The van der Waals surface area contributed by atoms with Crippen molar-refractivity contribution in [2.45, 2.75) is 63.7 Å². The number of carbonyl (C=O) groups excluding carboxylic acids is 3. The fourth-order valence-electron chi connectivity index (χ4n) is 4.96. The summed E-state index contributed by atoms with van der Waals surface area (Å²) >= 11 is 0. The fraction of sp³-hybridized carbons (Fsp3) is 0.591. The lowest BCUT2D eigenvalue weighted by Crippen LogP contribution is -2.52. The van der Waals surface area contributed by atoms with Crippen LogP contribution in [0, 0.1) is 5.92 Å². The number of fused-ring (bicyclic) bond motifs is 1. The number of piperidine rings is 1. The summed E-state index contributed by atoms with van der Waals surface area (Å²) in [5.74, 6) is -0.0589. The van der Waals surface area contributed by atoms with E-state index in [0.717, 1.165) is 37.1 Å². The summed E-state index contributed by atoms with van der Waals surface area (Å²) in [7, 11) is 2.13. The van der Waals surface area contributed by atoms with Gasteiger partial charge in [0.15, 0.2) is 0 Å². The molecule has 7 nitrogen and oxygen atoms in total. The Morgan fingerprint density at radius 1 is 1.14 bits per heavy atom. The van der Waals surface area contributed by atoms with Crippen LogP contribution in [-0.4, -0.2) is 53.2 Å². The van der Waals surface area contributed by atoms with E-state index in [9.17, 15) is 14.4 Å². The molecule has 1 aromatic rings. The van der Waals surface area contributed by atoms with Crippen LogP contribution in [0.3, 0.4) is 0 Å². The Bertz CT molecular complexity index is 816. The van der Waals surface area contributed by atoms with Gasteiger partial charge in [0.1, 0.15) is 6.04 Å². The third-order valence-electron chi connectivity index (χ3n) is 6.58. The molecule has 0 aromatic heterocycles. The second kappa shape index (κ2) is 8.24. The van der Waals surface area contributed by atoms with Crippen LogP contribution in [0.25, 0.3) is 0 Å². The summed E-state index contributed by atoms with van der Waals surface area (Å²) in [5, 5.41) is 2.36. The maximum atomic E-state index is 12.9. The number of benzene rings is 1. The molecule has 156 valence electrons. The molecule has 1 saturated heterocycles. The van der Waals surface area contributed by atoms with E-state index in [4.69, 9.17) is 5.73 Å². The maximum absolute atomic E-state index is 12.9. The molecule has 29 heavy (non-hydrogen) atoms. The lowest BCUT2D eigenvalue weighted by atomic mass is 9.86. The molecule has 1 saturated carbocycles. The molecule has 7 heteroatoms. The van der Waals surface area contributed by atoms with E-state index in [0.29, 0.717) is 30.5 Å². The van der Waals surface area contributed by atoms with Crippen molar-refractivity contribution < 1.29 is 14.4 Å². The van der Waals surface area contributed by atoms with Gasteiger partial charge in [0, 0.05) is 37.7 Å². The number of carbonyl (C=O) groups is 3. The summed E-state index contributed by atoms with van der Waals surface area (Å²) in [5.41, 5.74) is 8.86. The summed E-state index contributed by atoms with van der Waals surface area (Å²) in [4.78, 5) is 40.6. The zero-order valence-electron chi connectivity index (χ0n) is 17.0. The summed E-state index contributed by atoms with van der Waals surface area (Å²) in [6.45, 7) is 2.24. The molecule has 1 atom stereocenters. The van der Waals surface area contributed by atoms with Gasteiger partial charge in [-0.1, -0.05) is 12.1 Å². The molecule has 0 bridgehead atoms. The molecule has 2 heterocycles. The third-order valence-corrected chi connectivity index (χ3v) is 6.58. The molecule has 1 aromatic carbocycles. The third kappa shape index (κ3) is 4.21. The van der Waals surface area contributed by atoms with Crippen LogP contribution in [0.15, 0.2) is 18.2 Å². The minimum atomic E-state index is -0.565. The van der Waals surface area contributed by atoms with E-state index in [1.807, 2.05) is 12.1 Å². The van der Waals surface area contributed by atoms with Crippen molar-refractivity contribution in [1.29, 1.82) is 0 Å². The van der Waals surface area contributed by atoms with Crippen molar-refractivity contribution in [2.75, 3.05) is 13.6 Å². The molecule has 0 spiro atoms. The van der Waals surface area contributed by atoms with Crippen molar-refractivity contribution in [1.82, 2.24) is 15.1 Å². The Morgan fingerprint density at radius 3 is 2.62 bits per heavy atom. The van der Waals surface area contributed by atoms with Gasteiger partial charge in [-0.2, -0.15) is 0 Å². The molecule has 3 amide bonds. The van der Waals surface area contributed by atoms with Crippen molar-refractivity contribution >= 4 is 17.7 Å². The molecule has 1 unspecified atom stereocenters. The van der Waals surface area contributed by atoms with Gasteiger partial charge in [0.2, 0.25) is 11.8 Å². The summed E-state index contributed by atoms with van der Waals surface area (Å²) in [6.07, 6.45) is 5.24. The fourth-order valence-corrected chi connectivity index (χ4v) is 4.96. The number of hydrogen-bond donors (Lipinski definition) is 2. The highest BCUT2D eigenvalue weighted by Crippen LogP contribution is 2.31. The van der Waals surface area contributed by atoms with Crippen molar-refractivity contribution in [3.8, 4) is 0 Å². The van der Waals surface area contributed by atoms with E-state index < -0.39 is 6.04 Å². The van der Waals surface area contributed by atoms with Crippen LogP contribution in [-0.2, 0) is 22.7 Å². The predicted molar refractivity (Wildman–Crippen MR) is 109 cm³/mol. The smallest absolute Gasteiger partial charge is 0.255 e. The average Bonchev–Trinajstić information content (AvgIpc) is 3.01. The normalized spacial score (nSPS) is 27.3. The van der Waals surface area contributed by atoms with Crippen molar-refractivity contribution in [3.63, 3.8) is 0 Å². The van der Waals surface area contributed by atoms with E-state index in [2.05, 4.69) is 23.3 Å². The highest BCUT2D eigenvalue weighted by molar-refractivity contribution is 6.05. The van der Waals surface area contributed by atoms with Crippen LogP contribution in [0.2, 0.25) is 0 Å². The van der Waals surface area contributed by atoms with Crippen LogP contribution in [0.1, 0.15) is 60.0 Å². The average molecular weight is 399 g/mol. The lowest BCUT2D eigenvalue weighted by molar-refractivity contribution is -0.136. The topological polar surface area (TPSA) is 95.7 Å². The van der Waals surface area contributed by atoms with Gasteiger partial charge in [-0.15, -0.1) is 0 Å². The van der Waals surface area contributed by atoms with Crippen LogP contribution >= 0.6 is 0 Å². The number of hydrogen-bond acceptors (Lipinski definition) is 5. The predicted octanol–water partition coefficient (Wildman–Crippen LogP) is 1.40. The Kier molecular flexibility index (Phi) is 5.69. The van der Waals surface area contributed by atoms with Crippen molar-refractivity contribution in [3.05, 3.63) is 34.9 Å². The number of rotatable bonds is 5. The SMILES string of the molecule is CN(Cc1cccc2c1CN(C1CCC(=O)NC1=O)C2=O)CC1CCC(N)CC1. The Labute approximate surface area is 171 Å². The first-order chi connectivity index (χ1) is 13.9. The Balaban J connectivity index is 1.44. The van der Waals surface area contributed by atoms with E-state index in [1.54, 1.807) is 4.90 Å². The van der Waals surface area contributed by atoms with Gasteiger partial charge in [-0.25, -0.2) is 0 Å². The molecule has 3 N–H and O–H groups in total. The first kappa shape index (κ1) is 20.0. The first-order valence-electron chi connectivity index (χ1n) is 10.6. The Morgan fingerprint density at radius 2 is 1.90 bits per heavy atom. The van der Waals surface area contributed by atoms with Gasteiger partial charge in [0.25, 0.3) is 5.91 Å². The lowest BCUT2D eigenvalue weighted by Gasteiger charge is -2.30. The molecule has 0 radical (unpaired) electrons. The molecular formula is C22H30N4O3. The quantitative estimate of drug-likeness (QED) is 0.731. The van der Waals surface area contributed by atoms with Crippen LogP contribution in [0.5, 0.6) is 0 Å². The van der Waals surface area contributed by atoms with Gasteiger partial charge < -0.3 is 15.5 Å². The zero-order chi connectivity index (χ0) is 20.5. The molecule has 4 rings (SSSR count). The summed E-state index contributed by atoms with van der Waals surface area (Å²) < 4.78 is 0. The number of nitrogens with two attached hydrogens (primary N) is 1. The zero-order valence-corrected chi connectivity index (χ0v) is 17.0. The molecular weight excluding hydrogens is 368 g/mol. The largest absolute Gasteiger partial charge is 0.328 e. The van der Waals surface area contributed by atoms with Gasteiger partial charge in [0.05, 0.1) is 0 Å². The molecule has 3 aliphatic rings. The van der Waals surface area contributed by atoms with Gasteiger partial charge in [-0.05, 0) is 62.3 Å². The summed E-state index contributed by atoms with van der Waals surface area (Å²) in [6, 6.07) is 5.64. The van der Waals surface area contributed by atoms with Crippen LogP contribution < -0.4 is 11.1 Å². The molecule has 1 aliphatic carbocycles. The number of nitrogens with zero attached hydrogens (tertiary/aromatic N) is 2. The number of amides is 3.